The smallest absolute Gasteiger partial charge is 0.252 e. The highest BCUT2D eigenvalue weighted by atomic mass is 79.9. The van der Waals surface area contributed by atoms with Crippen molar-refractivity contribution in [3.8, 4) is 0 Å². The fourth-order valence-corrected chi connectivity index (χ4v) is 6.24. The van der Waals surface area contributed by atoms with E-state index < -0.39 is 10.0 Å². The first kappa shape index (κ1) is 14.0. The van der Waals surface area contributed by atoms with E-state index in [4.69, 9.17) is 4.74 Å². The number of rotatable bonds is 5. The van der Waals surface area contributed by atoms with Gasteiger partial charge in [0.2, 0.25) is 0 Å². The van der Waals surface area contributed by atoms with Gasteiger partial charge in [0.15, 0.2) is 0 Å². The Balaban J connectivity index is 1.82. The number of sulfonamides is 1. The quantitative estimate of drug-likeness (QED) is 0.805. The molecule has 0 bridgehead atoms. The van der Waals surface area contributed by atoms with E-state index in [0.29, 0.717) is 23.3 Å². The first-order valence-corrected chi connectivity index (χ1v) is 9.47. The molecule has 2 fully saturated rings. The van der Waals surface area contributed by atoms with Crippen LogP contribution in [-0.2, 0) is 14.8 Å². The molecule has 0 spiro atoms. The van der Waals surface area contributed by atoms with Gasteiger partial charge in [-0.1, -0.05) is 0 Å². The van der Waals surface area contributed by atoms with Crippen molar-refractivity contribution >= 4 is 37.3 Å². The highest BCUT2D eigenvalue weighted by molar-refractivity contribution is 9.11. The number of hydrogen-bond donors (Lipinski definition) is 0. The van der Waals surface area contributed by atoms with Gasteiger partial charge in [0.1, 0.15) is 4.21 Å². The summed E-state index contributed by atoms with van der Waals surface area (Å²) in [4.78, 5) is 0. The Labute approximate surface area is 125 Å². The van der Waals surface area contributed by atoms with Crippen LogP contribution in [0.25, 0.3) is 0 Å². The molecular weight excluding hydrogens is 350 g/mol. The summed E-state index contributed by atoms with van der Waals surface area (Å²) in [7, 11) is -3.34. The number of hydrogen-bond acceptors (Lipinski definition) is 4. The third-order valence-corrected chi connectivity index (χ3v) is 7.54. The molecule has 4 nitrogen and oxygen atoms in total. The van der Waals surface area contributed by atoms with Crippen LogP contribution in [0.4, 0.5) is 0 Å². The number of nitrogens with zero attached hydrogens (tertiary/aromatic N) is 1. The molecule has 0 aromatic carbocycles. The van der Waals surface area contributed by atoms with Crippen molar-refractivity contribution in [3.05, 3.63) is 15.9 Å². The molecule has 1 aromatic rings. The third-order valence-electron chi connectivity index (χ3n) is 3.53. The molecule has 0 radical (unpaired) electrons. The van der Waals surface area contributed by atoms with Crippen LogP contribution >= 0.6 is 27.3 Å². The maximum absolute atomic E-state index is 12.7. The Morgan fingerprint density at radius 3 is 2.68 bits per heavy atom. The summed E-state index contributed by atoms with van der Waals surface area (Å²) in [5, 5.41) is 0. The zero-order chi connectivity index (χ0) is 13.5. The minimum Gasteiger partial charge on any atom is -0.381 e. The second-order valence-corrected chi connectivity index (χ2v) is 9.67. The minimum absolute atomic E-state index is 0.200. The summed E-state index contributed by atoms with van der Waals surface area (Å²) in [5.41, 5.74) is 0. The molecule has 0 amide bonds. The van der Waals surface area contributed by atoms with E-state index >= 15 is 0 Å². The predicted octanol–water partition coefficient (Wildman–Crippen LogP) is 2.70. The number of thiophene rings is 1. The molecule has 7 heteroatoms. The van der Waals surface area contributed by atoms with Crippen molar-refractivity contribution in [2.24, 2.45) is 5.92 Å². The molecule has 1 aliphatic carbocycles. The van der Waals surface area contributed by atoms with E-state index in [2.05, 4.69) is 15.9 Å². The van der Waals surface area contributed by atoms with Gasteiger partial charge in [0.25, 0.3) is 10.0 Å². The molecule has 1 aromatic heterocycles. The van der Waals surface area contributed by atoms with Crippen LogP contribution in [-0.4, -0.2) is 38.5 Å². The van der Waals surface area contributed by atoms with E-state index in [-0.39, 0.29) is 6.04 Å². The van der Waals surface area contributed by atoms with Crippen LogP contribution in [0.15, 0.2) is 20.1 Å². The highest BCUT2D eigenvalue weighted by Crippen LogP contribution is 2.36. The van der Waals surface area contributed by atoms with Gasteiger partial charge in [0.05, 0.1) is 10.4 Å². The minimum atomic E-state index is -3.34. The molecule has 2 aliphatic rings. The van der Waals surface area contributed by atoms with Crippen LogP contribution in [0.5, 0.6) is 0 Å². The maximum atomic E-state index is 12.7. The molecule has 2 heterocycles. The zero-order valence-electron chi connectivity index (χ0n) is 10.4. The van der Waals surface area contributed by atoms with Crippen LogP contribution in [0.3, 0.4) is 0 Å². The summed E-state index contributed by atoms with van der Waals surface area (Å²) in [5.74, 6) is 0.346. The second kappa shape index (κ2) is 5.44. The molecular formula is C12H16BrNO3S2. The molecule has 3 rings (SSSR count). The predicted molar refractivity (Wildman–Crippen MR) is 77.9 cm³/mol. The Morgan fingerprint density at radius 2 is 2.16 bits per heavy atom. The van der Waals surface area contributed by atoms with Gasteiger partial charge in [-0.3, -0.25) is 0 Å². The standard InChI is InChI=1S/C12H16BrNO3S2/c13-11-3-4-12(18-11)19(15,16)14(10-1-2-10)7-9-5-6-17-8-9/h3-4,9-10H,1-2,5-8H2. The van der Waals surface area contributed by atoms with Gasteiger partial charge >= 0.3 is 0 Å². The van der Waals surface area contributed by atoms with Gasteiger partial charge in [-0.15, -0.1) is 11.3 Å². The van der Waals surface area contributed by atoms with E-state index in [1.165, 1.54) is 11.3 Å². The lowest BCUT2D eigenvalue weighted by atomic mass is 10.1. The lowest BCUT2D eigenvalue weighted by molar-refractivity contribution is 0.180. The Morgan fingerprint density at radius 1 is 1.37 bits per heavy atom. The molecule has 106 valence electrons. The molecule has 1 unspecified atom stereocenters. The summed E-state index contributed by atoms with van der Waals surface area (Å²) in [6, 6.07) is 3.68. The van der Waals surface area contributed by atoms with Crippen LogP contribution in [0, 0.1) is 5.92 Å². The van der Waals surface area contributed by atoms with Crippen LogP contribution in [0.2, 0.25) is 0 Å². The monoisotopic (exact) mass is 365 g/mol. The molecule has 1 aliphatic heterocycles. The number of ether oxygens (including phenoxy) is 1. The van der Waals surface area contributed by atoms with E-state index in [9.17, 15) is 8.42 Å². The Bertz CT molecular complexity index is 547. The average molecular weight is 366 g/mol. The average Bonchev–Trinajstić information content (AvgIpc) is 2.88. The topological polar surface area (TPSA) is 46.6 Å². The van der Waals surface area contributed by atoms with E-state index in [1.807, 2.05) is 0 Å². The highest BCUT2D eigenvalue weighted by Gasteiger charge is 2.40. The lowest BCUT2D eigenvalue weighted by Gasteiger charge is -2.23. The van der Waals surface area contributed by atoms with Gasteiger partial charge in [-0.05, 0) is 53.2 Å². The molecule has 1 saturated carbocycles. The van der Waals surface area contributed by atoms with E-state index in [1.54, 1.807) is 16.4 Å². The van der Waals surface area contributed by atoms with Crippen molar-refractivity contribution in [3.63, 3.8) is 0 Å². The van der Waals surface area contributed by atoms with Crippen molar-refractivity contribution in [1.82, 2.24) is 4.31 Å². The largest absolute Gasteiger partial charge is 0.381 e. The van der Waals surface area contributed by atoms with Crippen LogP contribution in [0.1, 0.15) is 19.3 Å². The van der Waals surface area contributed by atoms with Crippen molar-refractivity contribution in [2.75, 3.05) is 19.8 Å². The van der Waals surface area contributed by atoms with Crippen molar-refractivity contribution in [2.45, 2.75) is 29.5 Å². The fourth-order valence-electron chi connectivity index (χ4n) is 2.34. The van der Waals surface area contributed by atoms with Crippen molar-refractivity contribution < 1.29 is 13.2 Å². The normalized spacial score (nSPS) is 24.2. The molecule has 1 atom stereocenters. The maximum Gasteiger partial charge on any atom is 0.252 e. The van der Waals surface area contributed by atoms with E-state index in [0.717, 1.165) is 29.7 Å². The molecule has 0 N–H and O–H groups in total. The van der Waals surface area contributed by atoms with Gasteiger partial charge < -0.3 is 4.74 Å². The first-order valence-electron chi connectivity index (χ1n) is 6.42. The summed E-state index contributed by atoms with van der Waals surface area (Å²) >= 11 is 4.61. The lowest BCUT2D eigenvalue weighted by Crippen LogP contribution is -2.37. The Hall–Kier alpha value is 0.0500. The number of halogens is 1. The van der Waals surface area contributed by atoms with Gasteiger partial charge in [-0.25, -0.2) is 8.42 Å². The molecule has 1 saturated heterocycles. The van der Waals surface area contributed by atoms with Crippen LogP contribution < -0.4 is 0 Å². The second-order valence-electron chi connectivity index (χ2n) is 5.09. The first-order chi connectivity index (χ1) is 9.07. The SMILES string of the molecule is O=S(=O)(c1ccc(Br)s1)N(CC1CCOC1)C1CC1. The third kappa shape index (κ3) is 3.05. The van der Waals surface area contributed by atoms with Gasteiger partial charge in [0, 0.05) is 19.2 Å². The fraction of sp³-hybridized carbons (Fsp3) is 0.667. The van der Waals surface area contributed by atoms with Gasteiger partial charge in [-0.2, -0.15) is 4.31 Å². The summed E-state index contributed by atoms with van der Waals surface area (Å²) in [6.45, 7) is 2.04. The Kier molecular flexibility index (Phi) is 4.01. The summed E-state index contributed by atoms with van der Waals surface area (Å²) in [6.07, 6.45) is 2.94. The summed E-state index contributed by atoms with van der Waals surface area (Å²) < 4.78 is 33.7. The molecule has 19 heavy (non-hydrogen) atoms. The zero-order valence-corrected chi connectivity index (χ0v) is 13.6. The van der Waals surface area contributed by atoms with Crippen molar-refractivity contribution in [1.29, 1.82) is 0 Å².